The number of para-hydroxylation sites is 1. The largest absolute Gasteiger partial charge is 0.381 e. The number of piperidine rings is 1. The number of likely N-dealkylation sites (N-methyl/N-ethyl adjacent to an activating group) is 1. The Hall–Kier alpha value is -1.02. The zero-order valence-corrected chi connectivity index (χ0v) is 13.4. The van der Waals surface area contributed by atoms with Gasteiger partial charge in [0.25, 0.3) is 0 Å². The maximum Gasteiger partial charge on any atom is 0.0379 e. The Morgan fingerprint density at radius 3 is 2.90 bits per heavy atom. The van der Waals surface area contributed by atoms with Gasteiger partial charge in [-0.1, -0.05) is 32.0 Å². The van der Waals surface area contributed by atoms with Crippen LogP contribution in [-0.4, -0.2) is 30.1 Å². The summed E-state index contributed by atoms with van der Waals surface area (Å²) in [7, 11) is 0. The van der Waals surface area contributed by atoms with Gasteiger partial charge in [-0.05, 0) is 62.2 Å². The molecule has 1 aromatic carbocycles. The minimum atomic E-state index is 0.564. The fraction of sp³-hybridized carbons (Fsp3) is 0.684. The second kappa shape index (κ2) is 5.01. The first-order chi connectivity index (χ1) is 10.3. The summed E-state index contributed by atoms with van der Waals surface area (Å²) < 4.78 is 0. The predicted octanol–water partition coefficient (Wildman–Crippen LogP) is 4.24. The summed E-state index contributed by atoms with van der Waals surface area (Å²) in [5.41, 5.74) is 3.56. The lowest BCUT2D eigenvalue weighted by Gasteiger charge is -2.56. The van der Waals surface area contributed by atoms with Crippen LogP contribution < -0.4 is 5.32 Å². The zero-order valence-electron chi connectivity index (χ0n) is 13.4. The highest BCUT2D eigenvalue weighted by atomic mass is 15.2. The number of fused-ring (bicyclic) bond motifs is 5. The second-order valence-corrected chi connectivity index (χ2v) is 7.30. The molecule has 0 radical (unpaired) electrons. The topological polar surface area (TPSA) is 15.3 Å². The molecule has 1 saturated heterocycles. The van der Waals surface area contributed by atoms with Crippen molar-refractivity contribution in [2.45, 2.75) is 64.0 Å². The quantitative estimate of drug-likeness (QED) is 0.874. The van der Waals surface area contributed by atoms with Gasteiger partial charge < -0.3 is 5.32 Å². The first-order valence-corrected chi connectivity index (χ1v) is 8.88. The third kappa shape index (κ3) is 1.88. The number of hydrogen-bond donors (Lipinski definition) is 1. The Morgan fingerprint density at radius 1 is 1.24 bits per heavy atom. The molecule has 114 valence electrons. The maximum absolute atomic E-state index is 3.83. The van der Waals surface area contributed by atoms with Crippen LogP contribution >= 0.6 is 0 Å². The minimum absolute atomic E-state index is 0.564. The van der Waals surface area contributed by atoms with Crippen molar-refractivity contribution in [3.05, 3.63) is 29.8 Å². The van der Waals surface area contributed by atoms with E-state index in [4.69, 9.17) is 0 Å². The highest BCUT2D eigenvalue weighted by molar-refractivity contribution is 5.60. The van der Waals surface area contributed by atoms with E-state index in [1.807, 2.05) is 0 Å². The highest BCUT2D eigenvalue weighted by Gasteiger charge is 2.54. The van der Waals surface area contributed by atoms with Gasteiger partial charge in [0.15, 0.2) is 0 Å². The highest BCUT2D eigenvalue weighted by Crippen LogP contribution is 2.56. The molecular formula is C19H28N2. The molecular weight excluding hydrogens is 256 g/mol. The van der Waals surface area contributed by atoms with Gasteiger partial charge in [0.05, 0.1) is 0 Å². The van der Waals surface area contributed by atoms with E-state index in [1.54, 1.807) is 5.56 Å². The molecule has 0 spiro atoms. The van der Waals surface area contributed by atoms with E-state index in [0.717, 1.165) is 6.04 Å². The van der Waals surface area contributed by atoms with Crippen molar-refractivity contribution in [1.82, 2.24) is 4.90 Å². The number of nitrogens with zero attached hydrogens (tertiary/aromatic N) is 1. The number of rotatable bonds is 2. The zero-order chi connectivity index (χ0) is 14.4. The number of hydrogen-bond acceptors (Lipinski definition) is 2. The van der Waals surface area contributed by atoms with E-state index >= 15 is 0 Å². The van der Waals surface area contributed by atoms with E-state index in [9.17, 15) is 0 Å². The summed E-state index contributed by atoms with van der Waals surface area (Å²) in [6.45, 7) is 7.29. The Labute approximate surface area is 128 Å². The molecule has 2 fully saturated rings. The van der Waals surface area contributed by atoms with E-state index in [2.05, 4.69) is 48.3 Å². The van der Waals surface area contributed by atoms with E-state index in [1.165, 1.54) is 50.9 Å². The van der Waals surface area contributed by atoms with Crippen molar-refractivity contribution in [2.75, 3.05) is 18.4 Å². The number of likely N-dealkylation sites (tertiary alicyclic amines) is 1. The van der Waals surface area contributed by atoms with Gasteiger partial charge in [-0.15, -0.1) is 0 Å². The molecule has 2 heteroatoms. The Morgan fingerprint density at radius 2 is 2.10 bits per heavy atom. The molecule has 4 unspecified atom stereocenters. The molecule has 21 heavy (non-hydrogen) atoms. The molecule has 2 aliphatic heterocycles. The third-order valence-corrected chi connectivity index (χ3v) is 6.64. The van der Waals surface area contributed by atoms with Crippen molar-refractivity contribution >= 4 is 5.69 Å². The number of benzene rings is 1. The first-order valence-electron chi connectivity index (χ1n) is 8.88. The minimum Gasteiger partial charge on any atom is -0.381 e. The van der Waals surface area contributed by atoms with Crippen molar-refractivity contribution < 1.29 is 0 Å². The molecule has 2 heterocycles. The van der Waals surface area contributed by atoms with Crippen molar-refractivity contribution in [3.8, 4) is 0 Å². The van der Waals surface area contributed by atoms with Crippen LogP contribution in [0.15, 0.2) is 24.3 Å². The molecule has 0 amide bonds. The van der Waals surface area contributed by atoms with E-state index < -0.39 is 0 Å². The Bertz CT molecular complexity index is 526. The van der Waals surface area contributed by atoms with Gasteiger partial charge in [0.1, 0.15) is 0 Å². The lowest BCUT2D eigenvalue weighted by Crippen LogP contribution is -2.59. The summed E-state index contributed by atoms with van der Waals surface area (Å²) in [5, 5.41) is 3.83. The molecule has 0 bridgehead atoms. The average Bonchev–Trinajstić information content (AvgIpc) is 2.92. The molecule has 1 aromatic rings. The van der Waals surface area contributed by atoms with Crippen molar-refractivity contribution in [3.63, 3.8) is 0 Å². The molecule has 2 nitrogen and oxygen atoms in total. The van der Waals surface area contributed by atoms with E-state index in [-0.39, 0.29) is 0 Å². The monoisotopic (exact) mass is 284 g/mol. The summed E-state index contributed by atoms with van der Waals surface area (Å²) in [4.78, 5) is 2.80. The number of nitrogens with one attached hydrogen (secondary N) is 1. The second-order valence-electron chi connectivity index (χ2n) is 7.30. The van der Waals surface area contributed by atoms with Gasteiger partial charge in [-0.25, -0.2) is 0 Å². The smallest absolute Gasteiger partial charge is 0.0379 e. The van der Waals surface area contributed by atoms with Crippen LogP contribution in [0.5, 0.6) is 0 Å². The van der Waals surface area contributed by atoms with Crippen LogP contribution in [0.3, 0.4) is 0 Å². The molecule has 4 rings (SSSR count). The maximum atomic E-state index is 3.83. The first kappa shape index (κ1) is 13.6. The molecule has 0 aromatic heterocycles. The molecule has 1 aliphatic carbocycles. The molecule has 1 saturated carbocycles. The lowest BCUT2D eigenvalue weighted by molar-refractivity contribution is -0.0341. The van der Waals surface area contributed by atoms with Crippen LogP contribution in [0.4, 0.5) is 5.69 Å². The SMILES string of the molecule is CCN1CCCC2(CC)CCC3Nc4ccccc4C3C12. The fourth-order valence-corrected chi connectivity index (χ4v) is 5.62. The summed E-state index contributed by atoms with van der Waals surface area (Å²) in [6, 6.07) is 10.5. The van der Waals surface area contributed by atoms with Gasteiger partial charge in [0.2, 0.25) is 0 Å². The Kier molecular flexibility index (Phi) is 3.25. The van der Waals surface area contributed by atoms with E-state index in [0.29, 0.717) is 17.4 Å². The van der Waals surface area contributed by atoms with Crippen LogP contribution in [0.25, 0.3) is 0 Å². The standard InChI is InChI=1S/C19H28N2/c1-3-19-11-7-13-21(4-2)18(19)17-14-8-5-6-9-15(14)20-16(17)10-12-19/h5-6,8-9,16-18,20H,3-4,7,10-13H2,1-2H3. The molecule has 3 aliphatic rings. The van der Waals surface area contributed by atoms with Crippen LogP contribution in [-0.2, 0) is 0 Å². The summed E-state index contributed by atoms with van der Waals surface area (Å²) >= 11 is 0. The normalized spacial score (nSPS) is 38.3. The molecule has 4 atom stereocenters. The van der Waals surface area contributed by atoms with Gasteiger partial charge in [-0.3, -0.25) is 4.90 Å². The van der Waals surface area contributed by atoms with Crippen LogP contribution in [0, 0.1) is 5.41 Å². The van der Waals surface area contributed by atoms with Gasteiger partial charge in [0, 0.05) is 23.7 Å². The van der Waals surface area contributed by atoms with Crippen LogP contribution in [0.2, 0.25) is 0 Å². The lowest BCUT2D eigenvalue weighted by atomic mass is 9.58. The van der Waals surface area contributed by atoms with Gasteiger partial charge >= 0.3 is 0 Å². The molecule has 1 N–H and O–H groups in total. The van der Waals surface area contributed by atoms with Crippen molar-refractivity contribution in [1.29, 1.82) is 0 Å². The predicted molar refractivity (Wildman–Crippen MR) is 88.8 cm³/mol. The number of anilines is 1. The fourth-order valence-electron chi connectivity index (χ4n) is 5.62. The summed E-state index contributed by atoms with van der Waals surface area (Å²) in [6.07, 6.45) is 6.94. The Balaban J connectivity index is 1.79. The third-order valence-electron chi connectivity index (χ3n) is 6.64. The average molecular weight is 284 g/mol. The van der Waals surface area contributed by atoms with Crippen molar-refractivity contribution in [2.24, 2.45) is 5.41 Å². The summed E-state index contributed by atoms with van der Waals surface area (Å²) in [5.74, 6) is 0.704. The van der Waals surface area contributed by atoms with Crippen LogP contribution in [0.1, 0.15) is 57.4 Å². The van der Waals surface area contributed by atoms with Gasteiger partial charge in [-0.2, -0.15) is 0 Å².